The van der Waals surface area contributed by atoms with Gasteiger partial charge in [0.2, 0.25) is 0 Å². The molecule has 1 rings (SSSR count). The number of nitrogens with zero attached hydrogens (tertiary/aromatic N) is 2. The van der Waals surface area contributed by atoms with Gasteiger partial charge in [0.1, 0.15) is 5.54 Å². The molecule has 21 heavy (non-hydrogen) atoms. The summed E-state index contributed by atoms with van der Waals surface area (Å²) in [4.78, 5) is 2.67. The van der Waals surface area contributed by atoms with Crippen LogP contribution in [0.2, 0.25) is 0 Å². The minimum atomic E-state index is -0.268. The fourth-order valence-electron chi connectivity index (χ4n) is 3.42. The Hall–Kier alpha value is -0.590. The minimum Gasteiger partial charge on any atom is -0.300 e. The summed E-state index contributed by atoms with van der Waals surface area (Å²) >= 11 is 0. The van der Waals surface area contributed by atoms with Gasteiger partial charge >= 0.3 is 0 Å². The van der Waals surface area contributed by atoms with Gasteiger partial charge in [-0.1, -0.05) is 33.6 Å². The van der Waals surface area contributed by atoms with E-state index in [1.54, 1.807) is 0 Å². The number of nitriles is 1. The Morgan fingerprint density at radius 3 is 2.33 bits per heavy atom. The Labute approximate surface area is 132 Å². The number of unbranched alkanes of at least 4 members (excludes halogenated alkanes) is 2. The van der Waals surface area contributed by atoms with Crippen molar-refractivity contribution in [2.24, 2.45) is 0 Å². The Balaban J connectivity index is 2.66. The van der Waals surface area contributed by atoms with Crippen molar-refractivity contribution in [1.82, 2.24) is 10.2 Å². The fraction of sp³-hybridized carbons (Fsp3) is 0.944. The molecule has 1 aliphatic carbocycles. The monoisotopic (exact) mass is 293 g/mol. The highest BCUT2D eigenvalue weighted by atomic mass is 15.2. The zero-order chi connectivity index (χ0) is 15.6. The number of rotatable bonds is 10. The molecule has 1 saturated carbocycles. The molecule has 0 radical (unpaired) electrons. The number of hydrogen-bond donors (Lipinski definition) is 1. The van der Waals surface area contributed by atoms with Crippen LogP contribution >= 0.6 is 0 Å². The zero-order valence-corrected chi connectivity index (χ0v) is 14.5. The van der Waals surface area contributed by atoms with Crippen molar-refractivity contribution in [2.75, 3.05) is 19.6 Å². The van der Waals surface area contributed by atoms with Gasteiger partial charge in [-0.05, 0) is 64.6 Å². The lowest BCUT2D eigenvalue weighted by atomic mass is 9.79. The predicted octanol–water partition coefficient (Wildman–Crippen LogP) is 4.09. The first-order valence-corrected chi connectivity index (χ1v) is 9.11. The maximum Gasteiger partial charge on any atom is 0.108 e. The highest BCUT2D eigenvalue weighted by Gasteiger charge is 2.37. The summed E-state index contributed by atoms with van der Waals surface area (Å²) in [5.41, 5.74) is -0.268. The van der Waals surface area contributed by atoms with Crippen LogP contribution in [0, 0.1) is 11.3 Å². The summed E-state index contributed by atoms with van der Waals surface area (Å²) in [7, 11) is 0. The summed E-state index contributed by atoms with van der Waals surface area (Å²) in [5.74, 6) is 0. The second-order valence-electron chi connectivity index (χ2n) is 6.61. The van der Waals surface area contributed by atoms with E-state index in [0.29, 0.717) is 6.04 Å². The van der Waals surface area contributed by atoms with Crippen LogP contribution in [0.3, 0.4) is 0 Å². The summed E-state index contributed by atoms with van der Waals surface area (Å²) in [6.07, 6.45) is 10.7. The van der Waals surface area contributed by atoms with Crippen LogP contribution in [-0.2, 0) is 0 Å². The molecule has 0 heterocycles. The van der Waals surface area contributed by atoms with E-state index in [0.717, 1.165) is 25.8 Å². The zero-order valence-electron chi connectivity index (χ0n) is 14.5. The molecule has 1 aliphatic rings. The molecule has 0 spiro atoms. The third kappa shape index (κ3) is 5.96. The average Bonchev–Trinajstić information content (AvgIpc) is 2.53. The molecule has 0 aromatic carbocycles. The van der Waals surface area contributed by atoms with Crippen molar-refractivity contribution in [1.29, 1.82) is 5.26 Å². The summed E-state index contributed by atoms with van der Waals surface area (Å²) in [6.45, 7) is 10.1. The van der Waals surface area contributed by atoms with Gasteiger partial charge in [-0.15, -0.1) is 0 Å². The van der Waals surface area contributed by atoms with Crippen LogP contribution in [0.4, 0.5) is 0 Å². The summed E-state index contributed by atoms with van der Waals surface area (Å²) in [5, 5.41) is 13.2. The molecule has 0 aromatic rings. The van der Waals surface area contributed by atoms with Crippen LogP contribution in [0.1, 0.15) is 78.6 Å². The first-order chi connectivity index (χ1) is 10.2. The third-order valence-electron chi connectivity index (χ3n) is 4.77. The fourth-order valence-corrected chi connectivity index (χ4v) is 3.42. The van der Waals surface area contributed by atoms with Crippen LogP contribution in [-0.4, -0.2) is 36.1 Å². The molecule has 0 amide bonds. The van der Waals surface area contributed by atoms with E-state index >= 15 is 0 Å². The van der Waals surface area contributed by atoms with E-state index in [4.69, 9.17) is 0 Å². The van der Waals surface area contributed by atoms with Gasteiger partial charge in [-0.2, -0.15) is 5.26 Å². The Morgan fingerprint density at radius 2 is 1.81 bits per heavy atom. The Morgan fingerprint density at radius 1 is 1.14 bits per heavy atom. The maximum absolute atomic E-state index is 9.69. The van der Waals surface area contributed by atoms with E-state index in [-0.39, 0.29) is 5.54 Å². The minimum absolute atomic E-state index is 0.268. The lowest BCUT2D eigenvalue weighted by molar-refractivity contribution is 0.116. The van der Waals surface area contributed by atoms with Crippen LogP contribution < -0.4 is 5.32 Å². The normalized spacial score (nSPS) is 26.0. The second kappa shape index (κ2) is 10.2. The van der Waals surface area contributed by atoms with Crippen LogP contribution in [0.15, 0.2) is 0 Å². The maximum atomic E-state index is 9.69. The Kier molecular flexibility index (Phi) is 8.96. The third-order valence-corrected chi connectivity index (χ3v) is 4.77. The molecule has 2 atom stereocenters. The van der Waals surface area contributed by atoms with Gasteiger partial charge in [0.05, 0.1) is 6.07 Å². The van der Waals surface area contributed by atoms with E-state index in [1.807, 2.05) is 0 Å². The van der Waals surface area contributed by atoms with E-state index < -0.39 is 0 Å². The van der Waals surface area contributed by atoms with Gasteiger partial charge < -0.3 is 4.90 Å². The van der Waals surface area contributed by atoms with E-state index in [9.17, 15) is 5.26 Å². The predicted molar refractivity (Wildman–Crippen MR) is 90.3 cm³/mol. The smallest absolute Gasteiger partial charge is 0.108 e. The molecule has 2 unspecified atom stereocenters. The van der Waals surface area contributed by atoms with Gasteiger partial charge in [0, 0.05) is 6.04 Å². The largest absolute Gasteiger partial charge is 0.300 e. The van der Waals surface area contributed by atoms with Crippen LogP contribution in [0.5, 0.6) is 0 Å². The van der Waals surface area contributed by atoms with Crippen molar-refractivity contribution in [2.45, 2.75) is 90.1 Å². The van der Waals surface area contributed by atoms with Crippen molar-refractivity contribution in [3.63, 3.8) is 0 Å². The molecular formula is C18H35N3. The molecule has 1 N–H and O–H groups in total. The van der Waals surface area contributed by atoms with E-state index in [2.05, 4.69) is 37.1 Å². The standard InChI is InChI=1S/C18H35N3/c1-4-7-13-21(14-8-5-2)17-10-9-11-18(15-17,16-19)20-12-6-3/h17,20H,4-15H2,1-3H3. The molecular weight excluding hydrogens is 258 g/mol. The van der Waals surface area contributed by atoms with E-state index in [1.165, 1.54) is 51.6 Å². The topological polar surface area (TPSA) is 39.1 Å². The average molecular weight is 293 g/mol. The van der Waals surface area contributed by atoms with Crippen molar-refractivity contribution in [3.05, 3.63) is 0 Å². The first-order valence-electron chi connectivity index (χ1n) is 9.11. The van der Waals surface area contributed by atoms with Gasteiger partial charge in [-0.25, -0.2) is 0 Å². The molecule has 122 valence electrons. The number of nitrogens with one attached hydrogen (secondary N) is 1. The molecule has 3 nitrogen and oxygen atoms in total. The summed E-state index contributed by atoms with van der Waals surface area (Å²) in [6, 6.07) is 3.21. The second-order valence-corrected chi connectivity index (χ2v) is 6.61. The highest BCUT2D eigenvalue weighted by Crippen LogP contribution is 2.31. The molecule has 0 bridgehead atoms. The number of hydrogen-bond acceptors (Lipinski definition) is 3. The molecule has 0 aromatic heterocycles. The van der Waals surface area contributed by atoms with Crippen LogP contribution in [0.25, 0.3) is 0 Å². The lowest BCUT2D eigenvalue weighted by Gasteiger charge is -2.42. The van der Waals surface area contributed by atoms with Crippen molar-refractivity contribution in [3.8, 4) is 6.07 Å². The van der Waals surface area contributed by atoms with Gasteiger partial charge in [-0.3, -0.25) is 5.32 Å². The molecule has 3 heteroatoms. The lowest BCUT2D eigenvalue weighted by Crippen LogP contribution is -2.53. The molecule has 0 saturated heterocycles. The van der Waals surface area contributed by atoms with Gasteiger partial charge in [0.15, 0.2) is 0 Å². The molecule has 0 aliphatic heterocycles. The molecule has 1 fully saturated rings. The highest BCUT2D eigenvalue weighted by molar-refractivity contribution is 5.11. The first kappa shape index (κ1) is 18.5. The quantitative estimate of drug-likeness (QED) is 0.659. The SMILES string of the molecule is CCCCN(CCCC)C1CCCC(C#N)(NCCC)C1. The van der Waals surface area contributed by atoms with Gasteiger partial charge in [0.25, 0.3) is 0 Å². The van der Waals surface area contributed by atoms with Crippen molar-refractivity contribution >= 4 is 0 Å². The Bertz CT molecular complexity index is 302. The van der Waals surface area contributed by atoms with Crippen molar-refractivity contribution < 1.29 is 0 Å². The summed E-state index contributed by atoms with van der Waals surface area (Å²) < 4.78 is 0.